The van der Waals surface area contributed by atoms with Crippen molar-refractivity contribution in [1.29, 1.82) is 0 Å². The highest BCUT2D eigenvalue weighted by Crippen LogP contribution is 2.23. The van der Waals surface area contributed by atoms with Gasteiger partial charge in [-0.05, 0) is 37.1 Å². The molecule has 0 saturated carbocycles. The number of aryl methyl sites for hydroxylation is 1. The molecule has 4 N–H and O–H groups in total. The lowest BCUT2D eigenvalue weighted by molar-refractivity contribution is -0.116. The molecule has 108 valence electrons. The number of amides is 2. The highest BCUT2D eigenvalue weighted by molar-refractivity contribution is 5.98. The van der Waals surface area contributed by atoms with Crippen molar-refractivity contribution in [3.05, 3.63) is 29.3 Å². The third kappa shape index (κ3) is 2.97. The Hall–Kier alpha value is -1.92. The Bertz CT molecular complexity index is 538. The van der Waals surface area contributed by atoms with Gasteiger partial charge in [0.15, 0.2) is 0 Å². The van der Waals surface area contributed by atoms with Crippen molar-refractivity contribution in [3.8, 4) is 0 Å². The number of hydrogen-bond donors (Lipinski definition) is 4. The maximum Gasteiger partial charge on any atom is 0.251 e. The minimum atomic E-state index is -1.05. The van der Waals surface area contributed by atoms with Crippen molar-refractivity contribution in [2.24, 2.45) is 0 Å². The normalized spacial score (nSPS) is 14.4. The van der Waals surface area contributed by atoms with Gasteiger partial charge in [-0.2, -0.15) is 0 Å². The lowest BCUT2D eigenvalue weighted by Gasteiger charge is -2.26. The average molecular weight is 278 g/mol. The Labute approximate surface area is 116 Å². The first kappa shape index (κ1) is 14.5. The summed E-state index contributed by atoms with van der Waals surface area (Å²) in [6.07, 6.45) is 1.00. The summed E-state index contributed by atoms with van der Waals surface area (Å²) in [5, 5.41) is 23.7. The minimum Gasteiger partial charge on any atom is -0.394 e. The van der Waals surface area contributed by atoms with Crippen molar-refractivity contribution in [2.75, 3.05) is 18.5 Å². The molecule has 2 rings (SSSR count). The summed E-state index contributed by atoms with van der Waals surface area (Å²) >= 11 is 0. The van der Waals surface area contributed by atoms with E-state index in [1.54, 1.807) is 25.1 Å². The Balaban J connectivity index is 2.18. The summed E-state index contributed by atoms with van der Waals surface area (Å²) in [5.74, 6) is -0.391. The molecule has 0 unspecified atom stereocenters. The van der Waals surface area contributed by atoms with Crippen molar-refractivity contribution in [2.45, 2.75) is 25.3 Å². The number of carbonyl (C=O) groups excluding carboxylic acids is 2. The highest BCUT2D eigenvalue weighted by atomic mass is 16.3. The molecule has 0 aliphatic carbocycles. The van der Waals surface area contributed by atoms with E-state index in [2.05, 4.69) is 10.6 Å². The van der Waals surface area contributed by atoms with E-state index in [0.29, 0.717) is 18.4 Å². The number of fused-ring (bicyclic) bond motifs is 1. The number of benzene rings is 1. The van der Waals surface area contributed by atoms with Crippen LogP contribution in [0.25, 0.3) is 0 Å². The smallest absolute Gasteiger partial charge is 0.251 e. The molecule has 20 heavy (non-hydrogen) atoms. The van der Waals surface area contributed by atoms with Gasteiger partial charge < -0.3 is 20.8 Å². The predicted octanol–water partition coefficient (Wildman–Crippen LogP) is 0.0444. The van der Waals surface area contributed by atoms with Crippen molar-refractivity contribution in [3.63, 3.8) is 0 Å². The van der Waals surface area contributed by atoms with Gasteiger partial charge in [0.25, 0.3) is 5.91 Å². The molecule has 0 spiro atoms. The molecule has 6 nitrogen and oxygen atoms in total. The zero-order chi connectivity index (χ0) is 14.8. The molecule has 0 fully saturated rings. The lowest BCUT2D eigenvalue weighted by atomic mass is 9.99. The van der Waals surface area contributed by atoms with E-state index in [4.69, 9.17) is 0 Å². The molecule has 2 amide bonds. The maximum atomic E-state index is 12.1. The molecule has 0 aromatic heterocycles. The number of anilines is 1. The van der Waals surface area contributed by atoms with Gasteiger partial charge in [-0.25, -0.2) is 0 Å². The van der Waals surface area contributed by atoms with Crippen LogP contribution in [0.1, 0.15) is 29.3 Å². The molecular formula is C14H18N2O4. The van der Waals surface area contributed by atoms with Crippen LogP contribution in [0, 0.1) is 0 Å². The maximum absolute atomic E-state index is 12.1. The van der Waals surface area contributed by atoms with Crippen molar-refractivity contribution in [1.82, 2.24) is 5.32 Å². The topological polar surface area (TPSA) is 98.7 Å². The van der Waals surface area contributed by atoms with Crippen LogP contribution in [0.2, 0.25) is 0 Å². The summed E-state index contributed by atoms with van der Waals surface area (Å²) in [5.41, 5.74) is 1.02. The molecule has 1 aliphatic heterocycles. The van der Waals surface area contributed by atoms with Gasteiger partial charge in [0, 0.05) is 17.7 Å². The van der Waals surface area contributed by atoms with E-state index in [1.807, 2.05) is 0 Å². The SMILES string of the molecule is CC(CO)(CO)NC(=O)c1ccc2c(c1)CCC(=O)N2. The quantitative estimate of drug-likeness (QED) is 0.625. The molecule has 0 bridgehead atoms. The molecule has 0 atom stereocenters. The second-order valence-corrected chi connectivity index (χ2v) is 5.25. The lowest BCUT2D eigenvalue weighted by Crippen LogP contribution is -2.51. The molecule has 0 saturated heterocycles. The first-order valence-electron chi connectivity index (χ1n) is 6.44. The summed E-state index contributed by atoms with van der Waals surface area (Å²) in [7, 11) is 0. The Morgan fingerprint density at radius 2 is 2.05 bits per heavy atom. The van der Waals surface area contributed by atoms with E-state index >= 15 is 0 Å². The van der Waals surface area contributed by atoms with E-state index < -0.39 is 5.54 Å². The van der Waals surface area contributed by atoms with Crippen molar-refractivity contribution >= 4 is 17.5 Å². The third-order valence-corrected chi connectivity index (χ3v) is 3.38. The van der Waals surface area contributed by atoms with E-state index in [0.717, 1.165) is 11.3 Å². The standard InChI is InChI=1S/C14H18N2O4/c1-14(7-17,8-18)16-13(20)10-2-4-11-9(6-10)3-5-12(19)15-11/h2,4,6,17-18H,3,5,7-8H2,1H3,(H,15,19)(H,16,20). The molecular weight excluding hydrogens is 260 g/mol. The van der Waals surface area contributed by atoms with Gasteiger partial charge in [-0.3, -0.25) is 9.59 Å². The fourth-order valence-corrected chi connectivity index (χ4v) is 2.00. The average Bonchev–Trinajstić information content (AvgIpc) is 2.46. The zero-order valence-electron chi connectivity index (χ0n) is 11.3. The van der Waals surface area contributed by atoms with Gasteiger partial charge in [-0.1, -0.05) is 0 Å². The van der Waals surface area contributed by atoms with Crippen LogP contribution in [0.15, 0.2) is 18.2 Å². The Morgan fingerprint density at radius 3 is 2.70 bits per heavy atom. The van der Waals surface area contributed by atoms with Gasteiger partial charge in [0.1, 0.15) is 0 Å². The van der Waals surface area contributed by atoms with Gasteiger partial charge in [0.2, 0.25) is 5.91 Å². The summed E-state index contributed by atoms with van der Waals surface area (Å²) in [6, 6.07) is 5.02. The highest BCUT2D eigenvalue weighted by Gasteiger charge is 2.25. The van der Waals surface area contributed by atoms with Crippen molar-refractivity contribution < 1.29 is 19.8 Å². The number of carbonyl (C=O) groups is 2. The van der Waals surface area contributed by atoms with Gasteiger partial charge in [0.05, 0.1) is 18.8 Å². The number of aliphatic hydroxyl groups excluding tert-OH is 2. The van der Waals surface area contributed by atoms with Gasteiger partial charge >= 0.3 is 0 Å². The second kappa shape index (κ2) is 5.60. The van der Waals surface area contributed by atoms with Crippen LogP contribution in [0.5, 0.6) is 0 Å². The summed E-state index contributed by atoms with van der Waals surface area (Å²) < 4.78 is 0. The molecule has 1 heterocycles. The fraction of sp³-hybridized carbons (Fsp3) is 0.429. The number of rotatable bonds is 4. The molecule has 1 aromatic carbocycles. The molecule has 1 aromatic rings. The fourth-order valence-electron chi connectivity index (χ4n) is 2.00. The van der Waals surface area contributed by atoms with Crippen LogP contribution in [0.4, 0.5) is 5.69 Å². The van der Waals surface area contributed by atoms with Crippen LogP contribution >= 0.6 is 0 Å². The Kier molecular flexibility index (Phi) is 4.06. The number of aliphatic hydroxyl groups is 2. The first-order valence-corrected chi connectivity index (χ1v) is 6.44. The summed E-state index contributed by atoms with van der Waals surface area (Å²) in [4.78, 5) is 23.4. The van der Waals surface area contributed by atoms with Crippen LogP contribution < -0.4 is 10.6 Å². The number of hydrogen-bond acceptors (Lipinski definition) is 4. The monoisotopic (exact) mass is 278 g/mol. The molecule has 6 heteroatoms. The largest absolute Gasteiger partial charge is 0.394 e. The predicted molar refractivity (Wildman–Crippen MR) is 73.4 cm³/mol. The van der Waals surface area contributed by atoms with E-state index in [9.17, 15) is 19.8 Å². The number of nitrogens with one attached hydrogen (secondary N) is 2. The molecule has 1 aliphatic rings. The van der Waals surface area contributed by atoms with Crippen LogP contribution in [-0.2, 0) is 11.2 Å². The summed E-state index contributed by atoms with van der Waals surface area (Å²) in [6.45, 7) is 0.857. The van der Waals surface area contributed by atoms with Crippen LogP contribution in [0.3, 0.4) is 0 Å². The zero-order valence-corrected chi connectivity index (χ0v) is 11.3. The van der Waals surface area contributed by atoms with E-state index in [1.165, 1.54) is 0 Å². The Morgan fingerprint density at radius 1 is 1.35 bits per heavy atom. The minimum absolute atomic E-state index is 0.0252. The van der Waals surface area contributed by atoms with Gasteiger partial charge in [-0.15, -0.1) is 0 Å². The van der Waals surface area contributed by atoms with Crippen LogP contribution in [-0.4, -0.2) is 40.8 Å². The first-order chi connectivity index (χ1) is 9.47. The molecule has 0 radical (unpaired) electrons. The third-order valence-electron chi connectivity index (χ3n) is 3.38. The van der Waals surface area contributed by atoms with E-state index in [-0.39, 0.29) is 25.0 Å². The second-order valence-electron chi connectivity index (χ2n) is 5.25.